The molecule has 2 fully saturated rings. The number of carboxylic acids is 1. The van der Waals surface area contributed by atoms with Crippen molar-refractivity contribution < 1.29 is 78.7 Å². The molecule has 0 radical (unpaired) electrons. The topological polar surface area (TPSA) is 192 Å². The van der Waals surface area contributed by atoms with Crippen LogP contribution in [0.5, 0.6) is 0 Å². The van der Waals surface area contributed by atoms with Crippen molar-refractivity contribution in [3.8, 4) is 0 Å². The fourth-order valence-corrected chi connectivity index (χ4v) is 9.77. The van der Waals surface area contributed by atoms with Crippen LogP contribution in [0.2, 0.25) is 0 Å². The fraction of sp³-hybridized carbons (Fsp3) is 0.436. The Morgan fingerprint density at radius 2 is 1.15 bits per heavy atom. The number of rotatable bonds is 10. The van der Waals surface area contributed by atoms with E-state index in [9.17, 15) is 44.7 Å². The Kier molecular flexibility index (Phi) is 19.7. The fourth-order valence-electron chi connectivity index (χ4n) is 6.45. The number of hydrogen-bond donors (Lipinski definition) is 1. The maximum Gasteiger partial charge on any atom is 1.00 e. The molecule has 13 nitrogen and oxygen atoms in total. The van der Waals surface area contributed by atoms with E-state index in [1.165, 1.54) is 49.1 Å². The Morgan fingerprint density at radius 3 is 1.54 bits per heavy atom. The molecule has 316 valence electrons. The molecule has 0 saturated carbocycles. The summed E-state index contributed by atoms with van der Waals surface area (Å²) in [4.78, 5) is 23.3. The largest absolute Gasteiger partial charge is 1.00 e. The maximum absolute atomic E-state index is 15.4. The van der Waals surface area contributed by atoms with Crippen LogP contribution < -0.4 is 40.0 Å². The van der Waals surface area contributed by atoms with Crippen LogP contribution in [-0.2, 0) is 42.1 Å². The summed E-state index contributed by atoms with van der Waals surface area (Å²) >= 11 is 0. The summed E-state index contributed by atoms with van der Waals surface area (Å²) < 4.78 is 107. The zero-order valence-electron chi connectivity index (χ0n) is 32.2. The summed E-state index contributed by atoms with van der Waals surface area (Å²) in [6, 6.07) is 12.2. The van der Waals surface area contributed by atoms with E-state index < -0.39 is 59.1 Å². The Bertz CT molecular complexity index is 2180. The van der Waals surface area contributed by atoms with Gasteiger partial charge in [-0.15, -0.1) is 0 Å². The first-order chi connectivity index (χ1) is 26.9. The van der Waals surface area contributed by atoms with Gasteiger partial charge in [-0.25, -0.2) is 34.4 Å². The number of carbonyl (C=O) groups excluding carboxylic acids is 2. The first kappa shape index (κ1) is 51.3. The number of amides is 1. The standard InChI is InChI=1S/C19H21F2N3O3S.C13H17F2NO2S.C6H6N2O2.CH4.Na/c1-19(21,28(26,27)17-4-2-3-16(20)12-17)15-6-9-24(10-7-15)18(25)11-14-5-8-22-23-13-14;1-13(15,10-5-7-16-8-6-10)19(17,18)12-4-2-3-11(14)9-12;9-6(10)3-5-1-2-7-8-4-5;;/h2-5,8,12-13,15H,6-7,9-11H2,1H3;2-4,9-10,16H,5-8H2,1H3;1-2,4H,3H2,(H,9,10);1H4;/q;;;;+1/p-1. The van der Waals surface area contributed by atoms with Gasteiger partial charge in [-0.2, -0.15) is 20.4 Å². The molecular weight excluding hydrogens is 828 g/mol. The van der Waals surface area contributed by atoms with E-state index in [2.05, 4.69) is 25.7 Å². The molecule has 2 saturated heterocycles. The number of sulfone groups is 2. The van der Waals surface area contributed by atoms with Crippen molar-refractivity contribution in [1.29, 1.82) is 0 Å². The molecule has 4 heterocycles. The number of piperidine rings is 2. The number of nitrogens with one attached hydrogen (secondary N) is 1. The van der Waals surface area contributed by atoms with Crippen LogP contribution in [0.3, 0.4) is 0 Å². The van der Waals surface area contributed by atoms with Crippen molar-refractivity contribution in [2.45, 2.75) is 79.6 Å². The predicted octanol–water partition coefficient (Wildman–Crippen LogP) is 1.25. The van der Waals surface area contributed by atoms with Crippen LogP contribution >= 0.6 is 0 Å². The molecule has 59 heavy (non-hydrogen) atoms. The predicted molar refractivity (Wildman–Crippen MR) is 204 cm³/mol. The van der Waals surface area contributed by atoms with Crippen LogP contribution in [0.1, 0.15) is 58.1 Å². The van der Waals surface area contributed by atoms with Gasteiger partial charge in [-0.05, 0) is 112 Å². The molecular formula is C39H47F4N6NaO7S2. The van der Waals surface area contributed by atoms with Gasteiger partial charge in [0.2, 0.25) is 35.6 Å². The van der Waals surface area contributed by atoms with Crippen LogP contribution in [0.15, 0.2) is 95.2 Å². The average molecular weight is 875 g/mol. The first-order valence-electron chi connectivity index (χ1n) is 17.9. The molecule has 1 amide bonds. The number of nitrogens with zero attached hydrogens (tertiary/aromatic N) is 5. The van der Waals surface area contributed by atoms with Crippen LogP contribution in [0.4, 0.5) is 17.6 Å². The van der Waals surface area contributed by atoms with E-state index in [0.717, 1.165) is 43.7 Å². The van der Waals surface area contributed by atoms with Gasteiger partial charge in [0.15, 0.2) is 0 Å². The number of alkyl halides is 2. The number of carbonyl (C=O) groups is 2. The molecule has 2 aliphatic rings. The summed E-state index contributed by atoms with van der Waals surface area (Å²) in [6.07, 6.45) is 7.25. The average Bonchev–Trinajstić information content (AvgIpc) is 3.19. The zero-order chi connectivity index (χ0) is 41.9. The van der Waals surface area contributed by atoms with Crippen molar-refractivity contribution in [1.82, 2.24) is 30.6 Å². The maximum atomic E-state index is 15.4. The first-order valence-corrected chi connectivity index (χ1v) is 20.9. The van der Waals surface area contributed by atoms with E-state index in [0.29, 0.717) is 31.5 Å². The smallest absolute Gasteiger partial charge is 0.550 e. The second-order valence-corrected chi connectivity index (χ2v) is 18.4. The third kappa shape index (κ3) is 13.6. The molecule has 0 spiro atoms. The van der Waals surface area contributed by atoms with Gasteiger partial charge in [0.1, 0.15) is 11.6 Å². The number of benzene rings is 2. The van der Waals surface area contributed by atoms with E-state index >= 15 is 4.39 Å². The molecule has 2 aromatic carbocycles. The van der Waals surface area contributed by atoms with Crippen molar-refractivity contribution in [2.75, 3.05) is 26.2 Å². The third-order valence-corrected chi connectivity index (χ3v) is 14.4. The van der Waals surface area contributed by atoms with E-state index in [1.54, 1.807) is 17.0 Å². The zero-order valence-corrected chi connectivity index (χ0v) is 35.9. The van der Waals surface area contributed by atoms with Gasteiger partial charge < -0.3 is 20.1 Å². The number of likely N-dealkylation sites (tertiary alicyclic amines) is 1. The molecule has 0 aliphatic carbocycles. The summed E-state index contributed by atoms with van der Waals surface area (Å²) in [6.45, 7) is 3.84. The van der Waals surface area contributed by atoms with Gasteiger partial charge in [-0.3, -0.25) is 4.79 Å². The van der Waals surface area contributed by atoms with Gasteiger partial charge >= 0.3 is 29.6 Å². The van der Waals surface area contributed by atoms with Crippen molar-refractivity contribution >= 4 is 31.6 Å². The van der Waals surface area contributed by atoms with E-state index in [4.69, 9.17) is 0 Å². The Morgan fingerprint density at radius 1 is 0.729 bits per heavy atom. The minimum Gasteiger partial charge on any atom is -0.550 e. The van der Waals surface area contributed by atoms with Gasteiger partial charge in [0.25, 0.3) is 0 Å². The minimum atomic E-state index is -4.37. The number of carboxylic acid groups (broad SMARTS) is 1. The second-order valence-electron chi connectivity index (χ2n) is 13.8. The summed E-state index contributed by atoms with van der Waals surface area (Å²) in [5.74, 6) is -3.99. The minimum absolute atomic E-state index is 0. The molecule has 2 aliphatic heterocycles. The molecule has 4 aromatic rings. The van der Waals surface area contributed by atoms with Crippen molar-refractivity contribution in [3.05, 3.63) is 108 Å². The summed E-state index contributed by atoms with van der Waals surface area (Å²) in [5.41, 5.74) is 1.33. The monoisotopic (exact) mass is 874 g/mol. The Hall–Kier alpha value is -3.88. The molecule has 1 N–H and O–H groups in total. The van der Waals surface area contributed by atoms with Crippen molar-refractivity contribution in [3.63, 3.8) is 0 Å². The normalized spacial score (nSPS) is 16.8. The van der Waals surface area contributed by atoms with Crippen molar-refractivity contribution in [2.24, 2.45) is 11.8 Å². The quantitative estimate of drug-likeness (QED) is 0.178. The molecule has 2 aromatic heterocycles. The SMILES string of the molecule is C.CC(F)(C1CCN(C(=O)Cc2ccnnc2)CC1)S(=O)(=O)c1cccc(F)c1.CC(F)(C1CCNCC1)S(=O)(=O)c1cccc(F)c1.O=C([O-])Cc1ccnnc1.[Na+]. The van der Waals surface area contributed by atoms with E-state index in [-0.39, 0.29) is 91.5 Å². The second kappa shape index (κ2) is 22.6. The molecule has 2 unspecified atom stereocenters. The third-order valence-electron chi connectivity index (χ3n) is 9.90. The number of aromatic nitrogens is 4. The number of hydrogen-bond acceptors (Lipinski definition) is 12. The van der Waals surface area contributed by atoms with Crippen LogP contribution in [-0.4, -0.2) is 90.2 Å². The van der Waals surface area contributed by atoms with Gasteiger partial charge in [-0.1, -0.05) is 19.6 Å². The van der Waals surface area contributed by atoms with Crippen LogP contribution in [0, 0.1) is 23.5 Å². The summed E-state index contributed by atoms with van der Waals surface area (Å²) in [7, 11) is -8.57. The van der Waals surface area contributed by atoms with Gasteiger partial charge in [0, 0.05) is 49.7 Å². The van der Waals surface area contributed by atoms with Crippen LogP contribution in [0.25, 0.3) is 0 Å². The number of halogens is 4. The Balaban J connectivity index is 0.000000334. The Labute approximate surface area is 364 Å². The molecule has 20 heteroatoms. The molecule has 6 rings (SSSR count). The molecule has 2 atom stereocenters. The summed E-state index contributed by atoms with van der Waals surface area (Å²) in [5, 5.41) is 22.5. The van der Waals surface area contributed by atoms with Gasteiger partial charge in [0.05, 0.1) is 28.6 Å². The van der Waals surface area contributed by atoms with E-state index in [1.807, 2.05) is 0 Å². The molecule has 0 bridgehead atoms. The number of aliphatic carboxylic acids is 1.